The minimum atomic E-state index is -0.197. The van der Waals surface area contributed by atoms with Crippen molar-refractivity contribution in [2.24, 2.45) is 0 Å². The van der Waals surface area contributed by atoms with Crippen LogP contribution in [0.25, 0.3) is 0 Å². The maximum atomic E-state index is 11.6. The number of aryl methyl sites for hydroxylation is 1. The fourth-order valence-electron chi connectivity index (χ4n) is 1.85. The van der Waals surface area contributed by atoms with Gasteiger partial charge in [0.2, 0.25) is 0 Å². The fraction of sp³-hybridized carbons (Fsp3) is 0.400. The van der Waals surface area contributed by atoms with Crippen molar-refractivity contribution >= 4 is 11.7 Å². The summed E-state index contributed by atoms with van der Waals surface area (Å²) in [4.78, 5) is 26.0. The van der Waals surface area contributed by atoms with E-state index in [4.69, 9.17) is 0 Å². The molecule has 0 saturated carbocycles. The largest absolute Gasteiger partial charge is 0.364 e. The number of nitrogens with one attached hydrogen (secondary N) is 2. The van der Waals surface area contributed by atoms with Gasteiger partial charge in [0.1, 0.15) is 0 Å². The summed E-state index contributed by atoms with van der Waals surface area (Å²) < 4.78 is 0. The summed E-state index contributed by atoms with van der Waals surface area (Å²) in [7, 11) is 1.56. The van der Waals surface area contributed by atoms with Gasteiger partial charge in [-0.15, -0.1) is 0 Å². The van der Waals surface area contributed by atoms with E-state index in [9.17, 15) is 9.59 Å². The molecule has 2 N–H and O–H groups in total. The number of carbonyl (C=O) groups excluding carboxylic acids is 2. The number of ketones is 1. The Hall–Kier alpha value is -1.58. The highest BCUT2D eigenvalue weighted by Gasteiger charge is 2.24. The van der Waals surface area contributed by atoms with E-state index in [1.54, 1.807) is 13.2 Å². The maximum Gasteiger partial charge on any atom is 0.253 e. The van der Waals surface area contributed by atoms with Crippen LogP contribution >= 0.6 is 0 Å². The molecule has 0 bridgehead atoms. The van der Waals surface area contributed by atoms with Gasteiger partial charge in [-0.25, -0.2) is 0 Å². The molecule has 0 unspecified atom stereocenters. The number of rotatable bonds is 1. The third-order valence-electron chi connectivity index (χ3n) is 2.54. The number of aromatic nitrogens is 1. The predicted octanol–water partition coefficient (Wildman–Crippen LogP) is 0.893. The molecule has 1 amide bonds. The molecule has 1 aliphatic carbocycles. The molecule has 4 heteroatoms. The first-order chi connectivity index (χ1) is 6.74. The van der Waals surface area contributed by atoms with Gasteiger partial charge in [0.25, 0.3) is 5.91 Å². The Morgan fingerprint density at radius 2 is 2.29 bits per heavy atom. The lowest BCUT2D eigenvalue weighted by atomic mass is 9.93. The highest BCUT2D eigenvalue weighted by molar-refractivity contribution is 6.09. The molecule has 14 heavy (non-hydrogen) atoms. The van der Waals surface area contributed by atoms with Crippen LogP contribution < -0.4 is 5.32 Å². The van der Waals surface area contributed by atoms with E-state index < -0.39 is 0 Å². The van der Waals surface area contributed by atoms with Gasteiger partial charge in [0, 0.05) is 25.4 Å². The van der Waals surface area contributed by atoms with Crippen LogP contribution in [-0.2, 0) is 6.42 Å². The summed E-state index contributed by atoms with van der Waals surface area (Å²) in [5.41, 5.74) is 1.97. The normalized spacial score (nSPS) is 15.1. The zero-order valence-corrected chi connectivity index (χ0v) is 8.02. The lowest BCUT2D eigenvalue weighted by molar-refractivity contribution is 0.0934. The van der Waals surface area contributed by atoms with Gasteiger partial charge in [-0.3, -0.25) is 9.59 Å². The lowest BCUT2D eigenvalue weighted by Gasteiger charge is -2.10. The van der Waals surface area contributed by atoms with Crippen molar-refractivity contribution < 1.29 is 9.59 Å². The third kappa shape index (κ3) is 1.23. The third-order valence-corrected chi connectivity index (χ3v) is 2.54. The fourth-order valence-corrected chi connectivity index (χ4v) is 1.85. The van der Waals surface area contributed by atoms with Crippen LogP contribution in [0.4, 0.5) is 0 Å². The second-order valence-electron chi connectivity index (χ2n) is 3.41. The van der Waals surface area contributed by atoms with Crippen molar-refractivity contribution in [1.82, 2.24) is 10.3 Å². The number of hydrogen-bond donors (Lipinski definition) is 2. The number of hydrogen-bond acceptors (Lipinski definition) is 2. The number of H-pyrrole nitrogens is 1. The van der Waals surface area contributed by atoms with Crippen LogP contribution in [0, 0.1) is 0 Å². The zero-order valence-electron chi connectivity index (χ0n) is 8.02. The molecule has 0 fully saturated rings. The van der Waals surface area contributed by atoms with Crippen molar-refractivity contribution in [2.45, 2.75) is 19.3 Å². The number of amides is 1. The van der Waals surface area contributed by atoms with Crippen LogP contribution in [0.2, 0.25) is 0 Å². The molecule has 1 aromatic rings. The summed E-state index contributed by atoms with van der Waals surface area (Å²) >= 11 is 0. The monoisotopic (exact) mass is 192 g/mol. The number of aromatic amines is 1. The van der Waals surface area contributed by atoms with E-state index in [2.05, 4.69) is 10.3 Å². The quantitative estimate of drug-likeness (QED) is 0.694. The maximum absolute atomic E-state index is 11.6. The average Bonchev–Trinajstić information content (AvgIpc) is 2.62. The van der Waals surface area contributed by atoms with E-state index in [1.807, 2.05) is 0 Å². The molecule has 1 aromatic heterocycles. The Morgan fingerprint density at radius 3 is 3.00 bits per heavy atom. The Bertz CT molecular complexity index is 393. The first-order valence-electron chi connectivity index (χ1n) is 4.69. The van der Waals surface area contributed by atoms with Crippen molar-refractivity contribution in [3.8, 4) is 0 Å². The van der Waals surface area contributed by atoms with Gasteiger partial charge in [0.05, 0.1) is 11.1 Å². The minimum Gasteiger partial charge on any atom is -0.364 e. The summed E-state index contributed by atoms with van der Waals surface area (Å²) in [6.45, 7) is 0. The van der Waals surface area contributed by atoms with Crippen molar-refractivity contribution in [2.75, 3.05) is 7.05 Å². The van der Waals surface area contributed by atoms with Gasteiger partial charge < -0.3 is 10.3 Å². The summed E-state index contributed by atoms with van der Waals surface area (Å²) in [6, 6.07) is 0. The molecule has 0 saturated heterocycles. The summed E-state index contributed by atoms with van der Waals surface area (Å²) in [6.07, 6.45) is 3.90. The van der Waals surface area contributed by atoms with Crippen LogP contribution in [0.5, 0.6) is 0 Å². The predicted molar refractivity (Wildman–Crippen MR) is 51.5 cm³/mol. The molecule has 0 aromatic carbocycles. The molecule has 2 rings (SSSR count). The van der Waals surface area contributed by atoms with Crippen LogP contribution in [0.3, 0.4) is 0 Å². The highest BCUT2D eigenvalue weighted by atomic mass is 16.2. The molecular formula is C10H12N2O2. The van der Waals surface area contributed by atoms with Crippen molar-refractivity contribution in [3.63, 3.8) is 0 Å². The SMILES string of the molecule is CNC(=O)c1c[nH]c2c1C(=O)CCC2. The zero-order chi connectivity index (χ0) is 10.1. The van der Waals surface area contributed by atoms with Gasteiger partial charge in [-0.1, -0.05) is 0 Å². The van der Waals surface area contributed by atoms with E-state index in [0.717, 1.165) is 18.5 Å². The number of fused-ring (bicyclic) bond motifs is 1. The van der Waals surface area contributed by atoms with E-state index in [1.165, 1.54) is 0 Å². The van der Waals surface area contributed by atoms with Crippen LogP contribution in [0.1, 0.15) is 39.3 Å². The average molecular weight is 192 g/mol. The molecule has 0 radical (unpaired) electrons. The first-order valence-corrected chi connectivity index (χ1v) is 4.69. The Morgan fingerprint density at radius 1 is 1.50 bits per heavy atom. The second kappa shape index (κ2) is 3.29. The standard InChI is InChI=1S/C10H12N2O2/c1-11-10(14)6-5-12-7-3-2-4-8(13)9(6)7/h5,12H,2-4H2,1H3,(H,11,14). The Labute approximate surface area is 81.7 Å². The van der Waals surface area contributed by atoms with Gasteiger partial charge in [0.15, 0.2) is 5.78 Å². The second-order valence-corrected chi connectivity index (χ2v) is 3.41. The molecule has 0 atom stereocenters. The molecular weight excluding hydrogens is 180 g/mol. The molecule has 74 valence electrons. The Kier molecular flexibility index (Phi) is 2.11. The molecule has 0 spiro atoms. The van der Waals surface area contributed by atoms with E-state index >= 15 is 0 Å². The molecule has 0 aliphatic heterocycles. The van der Waals surface area contributed by atoms with E-state index in [0.29, 0.717) is 17.5 Å². The summed E-state index contributed by atoms with van der Waals surface area (Å²) in [5, 5.41) is 2.53. The molecule has 1 heterocycles. The smallest absolute Gasteiger partial charge is 0.253 e. The molecule has 1 aliphatic rings. The number of carbonyl (C=O) groups is 2. The highest BCUT2D eigenvalue weighted by Crippen LogP contribution is 2.23. The Balaban J connectivity index is 2.48. The van der Waals surface area contributed by atoms with Crippen LogP contribution in [0.15, 0.2) is 6.20 Å². The van der Waals surface area contributed by atoms with Gasteiger partial charge in [-0.2, -0.15) is 0 Å². The van der Waals surface area contributed by atoms with Crippen LogP contribution in [-0.4, -0.2) is 23.7 Å². The van der Waals surface area contributed by atoms with Crippen molar-refractivity contribution in [3.05, 3.63) is 23.0 Å². The van der Waals surface area contributed by atoms with Crippen molar-refractivity contribution in [1.29, 1.82) is 0 Å². The lowest BCUT2D eigenvalue weighted by Crippen LogP contribution is -2.21. The van der Waals surface area contributed by atoms with Gasteiger partial charge >= 0.3 is 0 Å². The molecule has 4 nitrogen and oxygen atoms in total. The number of Topliss-reactive ketones (excluding diaryl/α,β-unsaturated/α-hetero) is 1. The van der Waals surface area contributed by atoms with Gasteiger partial charge in [-0.05, 0) is 12.8 Å². The topological polar surface area (TPSA) is 62.0 Å². The summed E-state index contributed by atoms with van der Waals surface area (Å²) in [5.74, 6) is -0.121. The van der Waals surface area contributed by atoms with E-state index in [-0.39, 0.29) is 11.7 Å². The first kappa shape index (κ1) is 8.99. The minimum absolute atomic E-state index is 0.0751.